The van der Waals surface area contributed by atoms with E-state index in [9.17, 15) is 9.18 Å². The number of halogens is 2. The van der Waals surface area contributed by atoms with E-state index in [-0.39, 0.29) is 23.4 Å². The van der Waals surface area contributed by atoms with Crippen LogP contribution >= 0.6 is 15.9 Å². The average Bonchev–Trinajstić information content (AvgIpc) is 2.71. The van der Waals surface area contributed by atoms with Gasteiger partial charge < -0.3 is 0 Å². The molecular formula is C14H16BrFO. The van der Waals surface area contributed by atoms with Crippen molar-refractivity contribution in [2.45, 2.75) is 39.0 Å². The fourth-order valence-electron chi connectivity index (χ4n) is 2.49. The lowest BCUT2D eigenvalue weighted by Gasteiger charge is -2.21. The molecule has 1 aliphatic carbocycles. The fraction of sp³-hybridized carbons (Fsp3) is 0.500. The van der Waals surface area contributed by atoms with Gasteiger partial charge in [0.1, 0.15) is 11.6 Å². The van der Waals surface area contributed by atoms with Gasteiger partial charge in [-0.05, 0) is 30.5 Å². The van der Waals surface area contributed by atoms with E-state index in [0.717, 1.165) is 25.7 Å². The molecule has 0 amide bonds. The molecule has 0 aliphatic heterocycles. The number of rotatable bonds is 3. The minimum absolute atomic E-state index is 0.177. The SMILES string of the molecule is CC1(C(=O)Cc2ccc(Br)cc2F)CCCC1. The molecule has 0 unspecified atom stereocenters. The summed E-state index contributed by atoms with van der Waals surface area (Å²) < 4.78 is 14.3. The van der Waals surface area contributed by atoms with Crippen molar-refractivity contribution >= 4 is 21.7 Å². The van der Waals surface area contributed by atoms with Gasteiger partial charge in [0, 0.05) is 16.3 Å². The van der Waals surface area contributed by atoms with E-state index in [1.165, 1.54) is 6.07 Å². The second kappa shape index (κ2) is 4.89. The third-order valence-electron chi connectivity index (χ3n) is 3.75. The lowest BCUT2D eigenvalue weighted by molar-refractivity contribution is -0.127. The highest BCUT2D eigenvalue weighted by molar-refractivity contribution is 9.10. The van der Waals surface area contributed by atoms with E-state index < -0.39 is 0 Å². The molecule has 0 aromatic heterocycles. The van der Waals surface area contributed by atoms with Crippen molar-refractivity contribution in [2.24, 2.45) is 5.41 Å². The number of carbonyl (C=O) groups excluding carboxylic acids is 1. The monoisotopic (exact) mass is 298 g/mol. The summed E-state index contributed by atoms with van der Waals surface area (Å²) in [5.74, 6) is -0.120. The second-order valence-electron chi connectivity index (χ2n) is 5.10. The summed E-state index contributed by atoms with van der Waals surface area (Å²) in [4.78, 5) is 12.2. The van der Waals surface area contributed by atoms with Gasteiger partial charge in [-0.15, -0.1) is 0 Å². The zero-order chi connectivity index (χ0) is 12.5. The van der Waals surface area contributed by atoms with Crippen LogP contribution in [-0.4, -0.2) is 5.78 Å². The summed E-state index contributed by atoms with van der Waals surface area (Å²) >= 11 is 3.21. The summed E-state index contributed by atoms with van der Waals surface area (Å²) in [5.41, 5.74) is 0.283. The van der Waals surface area contributed by atoms with Crippen LogP contribution in [0.1, 0.15) is 38.2 Å². The Morgan fingerprint density at radius 1 is 1.41 bits per heavy atom. The van der Waals surface area contributed by atoms with Gasteiger partial charge in [-0.25, -0.2) is 4.39 Å². The fourth-order valence-corrected chi connectivity index (χ4v) is 2.82. The van der Waals surface area contributed by atoms with Crippen molar-refractivity contribution < 1.29 is 9.18 Å². The van der Waals surface area contributed by atoms with Crippen molar-refractivity contribution in [1.29, 1.82) is 0 Å². The van der Waals surface area contributed by atoms with Crippen LogP contribution < -0.4 is 0 Å². The van der Waals surface area contributed by atoms with Gasteiger partial charge in [0.15, 0.2) is 0 Å². The summed E-state index contributed by atoms with van der Waals surface area (Å²) in [6.07, 6.45) is 4.35. The van der Waals surface area contributed by atoms with E-state index in [1.54, 1.807) is 12.1 Å². The normalized spacial score (nSPS) is 18.3. The van der Waals surface area contributed by atoms with Crippen LogP contribution in [0.15, 0.2) is 22.7 Å². The van der Waals surface area contributed by atoms with Crippen molar-refractivity contribution in [3.05, 3.63) is 34.1 Å². The van der Waals surface area contributed by atoms with Crippen molar-refractivity contribution in [3.8, 4) is 0 Å². The Balaban J connectivity index is 2.13. The zero-order valence-corrected chi connectivity index (χ0v) is 11.5. The Bertz CT molecular complexity index is 436. The highest BCUT2D eigenvalue weighted by Gasteiger charge is 2.35. The number of carbonyl (C=O) groups is 1. The number of Topliss-reactive ketones (excluding diaryl/α,β-unsaturated/α-hetero) is 1. The lowest BCUT2D eigenvalue weighted by atomic mass is 9.81. The van der Waals surface area contributed by atoms with Crippen molar-refractivity contribution in [2.75, 3.05) is 0 Å². The molecule has 1 aromatic rings. The van der Waals surface area contributed by atoms with E-state index in [4.69, 9.17) is 0 Å². The van der Waals surface area contributed by atoms with Crippen LogP contribution in [0.2, 0.25) is 0 Å². The lowest BCUT2D eigenvalue weighted by Crippen LogP contribution is -2.26. The second-order valence-corrected chi connectivity index (χ2v) is 6.02. The first-order valence-electron chi connectivity index (χ1n) is 5.98. The highest BCUT2D eigenvalue weighted by Crippen LogP contribution is 2.39. The van der Waals surface area contributed by atoms with Gasteiger partial charge in [0.2, 0.25) is 0 Å². The maximum absolute atomic E-state index is 13.6. The van der Waals surface area contributed by atoms with Gasteiger partial charge in [0.25, 0.3) is 0 Å². The Morgan fingerprint density at radius 2 is 2.06 bits per heavy atom. The van der Waals surface area contributed by atoms with E-state index in [2.05, 4.69) is 15.9 Å². The van der Waals surface area contributed by atoms with Crippen LogP contribution in [0.4, 0.5) is 4.39 Å². The molecule has 1 fully saturated rings. The molecule has 0 N–H and O–H groups in total. The quantitative estimate of drug-likeness (QED) is 0.814. The van der Waals surface area contributed by atoms with Gasteiger partial charge in [-0.3, -0.25) is 4.79 Å². The van der Waals surface area contributed by atoms with Crippen LogP contribution in [0, 0.1) is 11.2 Å². The minimum atomic E-state index is -0.297. The third-order valence-corrected chi connectivity index (χ3v) is 4.24. The molecule has 0 saturated heterocycles. The molecule has 3 heteroatoms. The standard InChI is InChI=1S/C14H16BrFO/c1-14(6-2-3-7-14)13(17)8-10-4-5-11(15)9-12(10)16/h4-5,9H,2-3,6-8H2,1H3. The van der Waals surface area contributed by atoms with Crippen molar-refractivity contribution in [3.63, 3.8) is 0 Å². The molecular weight excluding hydrogens is 283 g/mol. The largest absolute Gasteiger partial charge is 0.299 e. The maximum atomic E-state index is 13.6. The highest BCUT2D eigenvalue weighted by atomic mass is 79.9. The number of hydrogen-bond acceptors (Lipinski definition) is 1. The molecule has 2 rings (SSSR count). The van der Waals surface area contributed by atoms with Crippen LogP contribution in [0.3, 0.4) is 0 Å². The predicted octanol–water partition coefficient (Wildman–Crippen LogP) is 4.28. The summed E-state index contributed by atoms with van der Waals surface area (Å²) in [6.45, 7) is 2.01. The molecule has 1 aromatic carbocycles. The molecule has 0 spiro atoms. The molecule has 0 radical (unpaired) electrons. The first-order chi connectivity index (χ1) is 8.01. The molecule has 1 saturated carbocycles. The smallest absolute Gasteiger partial charge is 0.143 e. The number of hydrogen-bond donors (Lipinski definition) is 0. The van der Waals surface area contributed by atoms with Crippen LogP contribution in [-0.2, 0) is 11.2 Å². The average molecular weight is 299 g/mol. The van der Waals surface area contributed by atoms with Crippen LogP contribution in [0.25, 0.3) is 0 Å². The molecule has 0 heterocycles. The Labute approximate surface area is 110 Å². The van der Waals surface area contributed by atoms with Crippen LogP contribution in [0.5, 0.6) is 0 Å². The summed E-state index contributed by atoms with van der Waals surface area (Å²) in [5, 5.41) is 0. The first kappa shape index (κ1) is 12.7. The predicted molar refractivity (Wildman–Crippen MR) is 69.4 cm³/mol. The van der Waals surface area contributed by atoms with Gasteiger partial charge in [-0.1, -0.05) is 41.8 Å². The maximum Gasteiger partial charge on any atom is 0.143 e. The molecule has 0 atom stereocenters. The summed E-state index contributed by atoms with van der Waals surface area (Å²) in [6, 6.07) is 4.89. The topological polar surface area (TPSA) is 17.1 Å². The molecule has 92 valence electrons. The first-order valence-corrected chi connectivity index (χ1v) is 6.78. The zero-order valence-electron chi connectivity index (χ0n) is 9.93. The molecule has 0 bridgehead atoms. The molecule has 1 nitrogen and oxygen atoms in total. The Kier molecular flexibility index (Phi) is 3.67. The van der Waals surface area contributed by atoms with E-state index in [1.807, 2.05) is 6.92 Å². The Morgan fingerprint density at radius 3 is 2.65 bits per heavy atom. The number of ketones is 1. The molecule has 1 aliphatic rings. The summed E-state index contributed by atoms with van der Waals surface area (Å²) in [7, 11) is 0. The van der Waals surface area contributed by atoms with E-state index in [0.29, 0.717) is 10.0 Å². The van der Waals surface area contributed by atoms with Gasteiger partial charge in [-0.2, -0.15) is 0 Å². The molecule has 17 heavy (non-hydrogen) atoms. The van der Waals surface area contributed by atoms with E-state index >= 15 is 0 Å². The number of benzene rings is 1. The van der Waals surface area contributed by atoms with Gasteiger partial charge >= 0.3 is 0 Å². The third kappa shape index (κ3) is 2.76. The van der Waals surface area contributed by atoms with Gasteiger partial charge in [0.05, 0.1) is 0 Å². The minimum Gasteiger partial charge on any atom is -0.299 e. The Hall–Kier alpha value is -0.700. The van der Waals surface area contributed by atoms with Crippen molar-refractivity contribution in [1.82, 2.24) is 0 Å².